The lowest BCUT2D eigenvalue weighted by atomic mass is 9.94. The molecular weight excluding hydrogens is 339 g/mol. The molecule has 1 aromatic carbocycles. The van der Waals surface area contributed by atoms with Crippen molar-refractivity contribution in [2.45, 2.75) is 32.5 Å². The number of carbonyl (C=O) groups is 2. The van der Waals surface area contributed by atoms with Crippen LogP contribution in [0.2, 0.25) is 0 Å². The van der Waals surface area contributed by atoms with Crippen molar-refractivity contribution in [1.82, 2.24) is 4.90 Å². The third-order valence-corrected chi connectivity index (χ3v) is 3.99. The number of nitrogens with zero attached hydrogens (tertiary/aromatic N) is 1. The SMILES string of the molecule is CCOC(=O)CC1Cc2ccc(OC)cc2CN(CC(F)(F)F)C1=O. The van der Waals surface area contributed by atoms with Crippen molar-refractivity contribution >= 4 is 11.9 Å². The predicted octanol–water partition coefficient (Wildman–Crippen LogP) is 2.71. The summed E-state index contributed by atoms with van der Waals surface area (Å²) >= 11 is 0. The number of esters is 1. The second kappa shape index (κ2) is 7.76. The van der Waals surface area contributed by atoms with E-state index in [-0.39, 0.29) is 26.0 Å². The maximum absolute atomic E-state index is 12.9. The molecule has 0 aromatic heterocycles. The molecule has 0 saturated heterocycles. The highest BCUT2D eigenvalue weighted by molar-refractivity contribution is 5.84. The van der Waals surface area contributed by atoms with Crippen LogP contribution in [0.3, 0.4) is 0 Å². The minimum absolute atomic E-state index is 0.153. The van der Waals surface area contributed by atoms with Crippen molar-refractivity contribution in [3.05, 3.63) is 29.3 Å². The molecular formula is C17H20F3NO4. The summed E-state index contributed by atoms with van der Waals surface area (Å²) in [6, 6.07) is 5.03. The molecule has 5 nitrogen and oxygen atoms in total. The van der Waals surface area contributed by atoms with Gasteiger partial charge in [0.05, 0.1) is 26.1 Å². The van der Waals surface area contributed by atoms with Gasteiger partial charge in [-0.05, 0) is 36.6 Å². The van der Waals surface area contributed by atoms with Gasteiger partial charge in [0.25, 0.3) is 0 Å². The smallest absolute Gasteiger partial charge is 0.406 e. The first-order valence-electron chi connectivity index (χ1n) is 7.90. The molecule has 1 amide bonds. The number of hydrogen-bond acceptors (Lipinski definition) is 4. The van der Waals surface area contributed by atoms with Gasteiger partial charge in [0, 0.05) is 6.54 Å². The normalized spacial score (nSPS) is 17.7. The molecule has 1 aromatic rings. The second-order valence-corrected chi connectivity index (χ2v) is 5.85. The molecule has 1 unspecified atom stereocenters. The molecule has 8 heteroatoms. The minimum atomic E-state index is -4.52. The topological polar surface area (TPSA) is 55.8 Å². The van der Waals surface area contributed by atoms with Crippen LogP contribution in [0.25, 0.3) is 0 Å². The van der Waals surface area contributed by atoms with E-state index in [0.717, 1.165) is 10.5 Å². The molecule has 138 valence electrons. The molecule has 1 aliphatic rings. The predicted molar refractivity (Wildman–Crippen MR) is 82.9 cm³/mol. The number of rotatable bonds is 5. The fourth-order valence-electron chi connectivity index (χ4n) is 2.90. The van der Waals surface area contributed by atoms with Gasteiger partial charge in [-0.2, -0.15) is 13.2 Å². The standard InChI is InChI=1S/C17H20F3NO4/c1-3-25-15(22)8-12-6-11-4-5-14(24-2)7-13(11)9-21(16(12)23)10-17(18,19)20/h4-5,7,12H,3,6,8-10H2,1-2H3. The average Bonchev–Trinajstić information content (AvgIpc) is 2.64. The fourth-order valence-corrected chi connectivity index (χ4v) is 2.90. The summed E-state index contributed by atoms with van der Waals surface area (Å²) in [7, 11) is 1.46. The van der Waals surface area contributed by atoms with Crippen LogP contribution >= 0.6 is 0 Å². The monoisotopic (exact) mass is 359 g/mol. The van der Waals surface area contributed by atoms with E-state index >= 15 is 0 Å². The molecule has 1 aliphatic heterocycles. The highest BCUT2D eigenvalue weighted by Crippen LogP contribution is 2.30. The Bertz CT molecular complexity index is 645. The number of fused-ring (bicyclic) bond motifs is 1. The molecule has 25 heavy (non-hydrogen) atoms. The molecule has 0 spiro atoms. The summed E-state index contributed by atoms with van der Waals surface area (Å²) in [6.45, 7) is 0.246. The highest BCUT2D eigenvalue weighted by Gasteiger charge is 2.38. The first-order chi connectivity index (χ1) is 11.7. The lowest BCUT2D eigenvalue weighted by Gasteiger charge is -2.25. The van der Waals surface area contributed by atoms with Gasteiger partial charge in [-0.1, -0.05) is 6.07 Å². The van der Waals surface area contributed by atoms with Crippen LogP contribution in [0, 0.1) is 5.92 Å². The van der Waals surface area contributed by atoms with Gasteiger partial charge in [-0.25, -0.2) is 0 Å². The van der Waals surface area contributed by atoms with E-state index in [0.29, 0.717) is 11.3 Å². The van der Waals surface area contributed by atoms with E-state index in [2.05, 4.69) is 0 Å². The molecule has 0 bridgehead atoms. The van der Waals surface area contributed by atoms with Crippen molar-refractivity contribution < 1.29 is 32.2 Å². The first-order valence-corrected chi connectivity index (χ1v) is 7.90. The van der Waals surface area contributed by atoms with E-state index in [4.69, 9.17) is 9.47 Å². The molecule has 0 fully saturated rings. The van der Waals surface area contributed by atoms with Gasteiger partial charge in [0.2, 0.25) is 5.91 Å². The summed E-state index contributed by atoms with van der Waals surface area (Å²) in [5.41, 5.74) is 1.32. The molecule has 2 rings (SSSR count). The van der Waals surface area contributed by atoms with E-state index in [9.17, 15) is 22.8 Å². The van der Waals surface area contributed by atoms with E-state index in [1.807, 2.05) is 0 Å². The lowest BCUT2D eigenvalue weighted by Crippen LogP contribution is -2.41. The zero-order valence-electron chi connectivity index (χ0n) is 14.1. The Morgan fingerprint density at radius 3 is 2.64 bits per heavy atom. The number of methoxy groups -OCH3 is 1. The van der Waals surface area contributed by atoms with Gasteiger partial charge in [-0.15, -0.1) is 0 Å². The van der Waals surface area contributed by atoms with Crippen molar-refractivity contribution in [2.24, 2.45) is 5.92 Å². The molecule has 0 saturated carbocycles. The summed E-state index contributed by atoms with van der Waals surface area (Å²) in [4.78, 5) is 25.1. The number of halogens is 3. The number of hydrogen-bond donors (Lipinski definition) is 0. The number of ether oxygens (including phenoxy) is 2. The third kappa shape index (κ3) is 5.11. The maximum Gasteiger partial charge on any atom is 0.406 e. The maximum atomic E-state index is 12.9. The molecule has 0 aliphatic carbocycles. The average molecular weight is 359 g/mol. The molecule has 1 heterocycles. The van der Waals surface area contributed by atoms with E-state index < -0.39 is 30.5 Å². The van der Waals surface area contributed by atoms with Gasteiger partial charge < -0.3 is 14.4 Å². The zero-order chi connectivity index (χ0) is 18.6. The Morgan fingerprint density at radius 1 is 1.32 bits per heavy atom. The number of benzene rings is 1. The minimum Gasteiger partial charge on any atom is -0.497 e. The van der Waals surface area contributed by atoms with Crippen molar-refractivity contribution in [2.75, 3.05) is 20.3 Å². The van der Waals surface area contributed by atoms with E-state index in [1.54, 1.807) is 25.1 Å². The summed E-state index contributed by atoms with van der Waals surface area (Å²) in [6.07, 6.45) is -4.58. The number of carbonyl (C=O) groups excluding carboxylic acids is 2. The van der Waals surface area contributed by atoms with Crippen LogP contribution in [-0.4, -0.2) is 43.2 Å². The van der Waals surface area contributed by atoms with Crippen molar-refractivity contribution in [3.63, 3.8) is 0 Å². The third-order valence-electron chi connectivity index (χ3n) is 3.99. The van der Waals surface area contributed by atoms with Crippen LogP contribution in [0.5, 0.6) is 5.75 Å². The Labute approximate surface area is 143 Å². The second-order valence-electron chi connectivity index (χ2n) is 5.85. The van der Waals surface area contributed by atoms with Crippen LogP contribution in [0.1, 0.15) is 24.5 Å². The van der Waals surface area contributed by atoms with Gasteiger partial charge in [0.1, 0.15) is 12.3 Å². The zero-order valence-corrected chi connectivity index (χ0v) is 14.1. The van der Waals surface area contributed by atoms with Gasteiger partial charge in [-0.3, -0.25) is 9.59 Å². The largest absolute Gasteiger partial charge is 0.497 e. The summed E-state index contributed by atoms with van der Waals surface area (Å²) in [5.74, 6) is -1.66. The molecule has 0 radical (unpaired) electrons. The van der Waals surface area contributed by atoms with Crippen molar-refractivity contribution in [1.29, 1.82) is 0 Å². The van der Waals surface area contributed by atoms with Gasteiger partial charge >= 0.3 is 12.1 Å². The number of amides is 1. The Balaban J connectivity index is 2.34. The van der Waals surface area contributed by atoms with Crippen LogP contribution in [-0.2, 0) is 27.3 Å². The van der Waals surface area contributed by atoms with Crippen LogP contribution < -0.4 is 4.74 Å². The Hall–Kier alpha value is -2.25. The molecule has 1 atom stereocenters. The Kier molecular flexibility index (Phi) is 5.92. The van der Waals surface area contributed by atoms with Crippen LogP contribution in [0.4, 0.5) is 13.2 Å². The number of alkyl halides is 3. The Morgan fingerprint density at radius 2 is 2.04 bits per heavy atom. The van der Waals surface area contributed by atoms with Gasteiger partial charge in [0.15, 0.2) is 0 Å². The fraction of sp³-hybridized carbons (Fsp3) is 0.529. The summed E-state index contributed by atoms with van der Waals surface area (Å²) in [5, 5.41) is 0. The van der Waals surface area contributed by atoms with Crippen LogP contribution in [0.15, 0.2) is 18.2 Å². The quantitative estimate of drug-likeness (QED) is 0.759. The first kappa shape index (κ1) is 19.1. The van der Waals surface area contributed by atoms with Crippen molar-refractivity contribution in [3.8, 4) is 5.75 Å². The highest BCUT2D eigenvalue weighted by atomic mass is 19.4. The van der Waals surface area contributed by atoms with E-state index in [1.165, 1.54) is 7.11 Å². The summed E-state index contributed by atoms with van der Waals surface area (Å²) < 4.78 is 48.6. The lowest BCUT2D eigenvalue weighted by molar-refractivity contribution is -0.165. The molecule has 0 N–H and O–H groups in total.